The number of rotatable bonds is 4. The molecule has 28 heavy (non-hydrogen) atoms. The molecule has 4 aromatic rings. The smallest absolute Gasteiger partial charge is 0.202 e. The Morgan fingerprint density at radius 3 is 1.43 bits per heavy atom. The van der Waals surface area contributed by atoms with Gasteiger partial charge in [-0.3, -0.25) is 5.41 Å². The van der Waals surface area contributed by atoms with Gasteiger partial charge < -0.3 is 9.80 Å². The Balaban J connectivity index is 1.80. The zero-order chi connectivity index (χ0) is 19.5. The van der Waals surface area contributed by atoms with Crippen molar-refractivity contribution in [1.29, 1.82) is 5.41 Å². The molecule has 0 aliphatic carbocycles. The fraction of sp³-hybridized carbons (Fsp3) is 0.160. The zero-order valence-corrected chi connectivity index (χ0v) is 16.4. The summed E-state index contributed by atoms with van der Waals surface area (Å²) in [5.74, 6) is 0.498. The minimum absolute atomic E-state index is 0.498. The van der Waals surface area contributed by atoms with E-state index in [1.807, 2.05) is 0 Å². The van der Waals surface area contributed by atoms with Gasteiger partial charge in [-0.1, -0.05) is 72.8 Å². The molecule has 4 aromatic carbocycles. The van der Waals surface area contributed by atoms with Crippen molar-refractivity contribution in [3.63, 3.8) is 0 Å². The summed E-state index contributed by atoms with van der Waals surface area (Å²) in [5, 5.41) is 13.8. The van der Waals surface area contributed by atoms with Crippen LogP contribution in [-0.2, 0) is 0 Å². The highest BCUT2D eigenvalue weighted by Gasteiger charge is 2.20. The Morgan fingerprint density at radius 1 is 0.607 bits per heavy atom. The predicted octanol–water partition coefficient (Wildman–Crippen LogP) is 6.28. The topological polar surface area (TPSA) is 30.3 Å². The summed E-state index contributed by atoms with van der Waals surface area (Å²) >= 11 is 0. The Hall–Kier alpha value is -3.33. The maximum Gasteiger partial charge on any atom is 0.202 e. The molecule has 0 heterocycles. The third-order valence-electron chi connectivity index (χ3n) is 5.26. The molecule has 0 unspecified atom stereocenters. The van der Waals surface area contributed by atoms with Gasteiger partial charge in [0.25, 0.3) is 0 Å². The van der Waals surface area contributed by atoms with Crippen LogP contribution in [-0.4, -0.2) is 19.0 Å². The number of hydrogen-bond acceptors (Lipinski definition) is 1. The van der Waals surface area contributed by atoms with E-state index in [-0.39, 0.29) is 0 Å². The molecule has 0 bridgehead atoms. The fourth-order valence-corrected chi connectivity index (χ4v) is 3.90. The van der Waals surface area contributed by atoms with Crippen LogP contribution in [0, 0.1) is 5.41 Å². The Bertz CT molecular complexity index is 1030. The van der Waals surface area contributed by atoms with Crippen molar-refractivity contribution in [2.24, 2.45) is 0 Å². The first-order chi connectivity index (χ1) is 13.7. The summed E-state index contributed by atoms with van der Waals surface area (Å²) in [4.78, 5) is 4.18. The molecule has 0 aliphatic heterocycles. The van der Waals surface area contributed by atoms with Crippen LogP contribution in [0.3, 0.4) is 0 Å². The molecule has 140 valence electrons. The molecule has 1 N–H and O–H groups in total. The van der Waals surface area contributed by atoms with Crippen LogP contribution in [0.1, 0.15) is 13.8 Å². The number of nitrogens with zero attached hydrogens (tertiary/aromatic N) is 2. The van der Waals surface area contributed by atoms with Crippen LogP contribution in [0.4, 0.5) is 11.4 Å². The lowest BCUT2D eigenvalue weighted by atomic mass is 10.1. The van der Waals surface area contributed by atoms with E-state index in [2.05, 4.69) is 109 Å². The van der Waals surface area contributed by atoms with Crippen LogP contribution >= 0.6 is 0 Å². The minimum Gasteiger partial charge on any atom is -0.312 e. The number of guanidine groups is 1. The maximum absolute atomic E-state index is 9.08. The van der Waals surface area contributed by atoms with E-state index in [0.717, 1.165) is 24.5 Å². The molecule has 0 saturated heterocycles. The quantitative estimate of drug-likeness (QED) is 0.340. The molecule has 0 radical (unpaired) electrons. The summed E-state index contributed by atoms with van der Waals surface area (Å²) < 4.78 is 0. The lowest BCUT2D eigenvalue weighted by Crippen LogP contribution is -2.44. The minimum atomic E-state index is 0.498. The lowest BCUT2D eigenvalue weighted by molar-refractivity contribution is 0.964. The average Bonchev–Trinajstić information content (AvgIpc) is 2.75. The van der Waals surface area contributed by atoms with Gasteiger partial charge in [0.2, 0.25) is 5.96 Å². The molecule has 4 rings (SSSR count). The van der Waals surface area contributed by atoms with Crippen molar-refractivity contribution >= 4 is 38.9 Å². The molecular formula is C25H25N3. The van der Waals surface area contributed by atoms with Crippen LogP contribution in [0.25, 0.3) is 21.5 Å². The molecule has 0 spiro atoms. The zero-order valence-electron chi connectivity index (χ0n) is 16.4. The molecule has 0 amide bonds. The number of fused-ring (bicyclic) bond motifs is 2. The van der Waals surface area contributed by atoms with Crippen molar-refractivity contribution in [2.75, 3.05) is 22.9 Å². The molecule has 3 nitrogen and oxygen atoms in total. The van der Waals surface area contributed by atoms with E-state index in [9.17, 15) is 0 Å². The van der Waals surface area contributed by atoms with E-state index < -0.39 is 0 Å². The number of nitrogens with one attached hydrogen (secondary N) is 1. The number of hydrogen-bond donors (Lipinski definition) is 1. The van der Waals surface area contributed by atoms with Crippen LogP contribution < -0.4 is 9.80 Å². The van der Waals surface area contributed by atoms with Crippen molar-refractivity contribution in [2.45, 2.75) is 13.8 Å². The SMILES string of the molecule is CCN(C(=N)N(CC)c1cccc2ccccc12)c1cccc2ccccc12. The largest absolute Gasteiger partial charge is 0.312 e. The molecule has 3 heteroatoms. The maximum atomic E-state index is 9.08. The van der Waals surface area contributed by atoms with Gasteiger partial charge in [0.05, 0.1) is 11.4 Å². The summed E-state index contributed by atoms with van der Waals surface area (Å²) in [7, 11) is 0. The second kappa shape index (κ2) is 7.73. The predicted molar refractivity (Wildman–Crippen MR) is 122 cm³/mol. The van der Waals surface area contributed by atoms with Crippen molar-refractivity contribution in [3.8, 4) is 0 Å². The highest BCUT2D eigenvalue weighted by molar-refractivity contribution is 6.13. The van der Waals surface area contributed by atoms with Crippen LogP contribution in [0.15, 0.2) is 84.9 Å². The molecule has 0 aromatic heterocycles. The van der Waals surface area contributed by atoms with Gasteiger partial charge in [-0.2, -0.15) is 0 Å². The normalized spacial score (nSPS) is 10.9. The lowest BCUT2D eigenvalue weighted by Gasteiger charge is -2.33. The van der Waals surface area contributed by atoms with E-state index >= 15 is 0 Å². The van der Waals surface area contributed by atoms with E-state index in [0.29, 0.717) is 5.96 Å². The first-order valence-electron chi connectivity index (χ1n) is 9.83. The van der Waals surface area contributed by atoms with Gasteiger partial charge >= 0.3 is 0 Å². The van der Waals surface area contributed by atoms with E-state index in [1.165, 1.54) is 21.5 Å². The summed E-state index contributed by atoms with van der Waals surface area (Å²) in [6, 6.07) is 29.4. The van der Waals surface area contributed by atoms with Gasteiger partial charge in [0.1, 0.15) is 0 Å². The highest BCUT2D eigenvalue weighted by atomic mass is 15.4. The number of anilines is 2. The van der Waals surface area contributed by atoms with Crippen LogP contribution in [0.2, 0.25) is 0 Å². The monoisotopic (exact) mass is 367 g/mol. The second-order valence-corrected chi connectivity index (χ2v) is 6.81. The van der Waals surface area contributed by atoms with Crippen molar-refractivity contribution in [1.82, 2.24) is 0 Å². The third-order valence-corrected chi connectivity index (χ3v) is 5.26. The molecule has 0 atom stereocenters. The Morgan fingerprint density at radius 2 is 1.00 bits per heavy atom. The molecule has 0 saturated carbocycles. The first-order valence-corrected chi connectivity index (χ1v) is 9.83. The van der Waals surface area contributed by atoms with E-state index in [1.54, 1.807) is 0 Å². The molecule has 0 fully saturated rings. The third kappa shape index (κ3) is 3.09. The summed E-state index contributed by atoms with van der Waals surface area (Å²) in [5.41, 5.74) is 2.15. The van der Waals surface area contributed by atoms with Gasteiger partial charge in [-0.25, -0.2) is 0 Å². The van der Waals surface area contributed by atoms with Gasteiger partial charge in [-0.05, 0) is 36.8 Å². The number of benzene rings is 4. The Labute approximate surface area is 166 Å². The van der Waals surface area contributed by atoms with Gasteiger partial charge in [0.15, 0.2) is 0 Å². The molecular weight excluding hydrogens is 342 g/mol. The second-order valence-electron chi connectivity index (χ2n) is 6.81. The standard InChI is InChI=1S/C25H25N3/c1-3-27(23-17-9-13-19-11-5-7-15-21(19)23)25(26)28(4-2)24-18-10-14-20-12-6-8-16-22(20)24/h5-18,26H,3-4H2,1-2H3. The summed E-state index contributed by atoms with van der Waals surface area (Å²) in [6.45, 7) is 5.67. The van der Waals surface area contributed by atoms with E-state index in [4.69, 9.17) is 5.41 Å². The van der Waals surface area contributed by atoms with Gasteiger partial charge in [-0.15, -0.1) is 0 Å². The van der Waals surface area contributed by atoms with Gasteiger partial charge in [0, 0.05) is 23.9 Å². The summed E-state index contributed by atoms with van der Waals surface area (Å²) in [6.07, 6.45) is 0. The van der Waals surface area contributed by atoms with Crippen molar-refractivity contribution < 1.29 is 0 Å². The first kappa shape index (κ1) is 18.1. The Kier molecular flexibility index (Phi) is 4.98. The van der Waals surface area contributed by atoms with Crippen molar-refractivity contribution in [3.05, 3.63) is 84.9 Å². The fourth-order valence-electron chi connectivity index (χ4n) is 3.90. The molecule has 0 aliphatic rings. The highest BCUT2D eigenvalue weighted by Crippen LogP contribution is 2.31. The van der Waals surface area contributed by atoms with Crippen LogP contribution in [0.5, 0.6) is 0 Å². The average molecular weight is 367 g/mol.